The van der Waals surface area contributed by atoms with E-state index in [0.717, 1.165) is 5.56 Å². The van der Waals surface area contributed by atoms with Crippen LogP contribution >= 0.6 is 0 Å². The lowest BCUT2D eigenvalue weighted by atomic mass is 10.2. The van der Waals surface area contributed by atoms with Crippen molar-refractivity contribution in [3.05, 3.63) is 78.1 Å². The summed E-state index contributed by atoms with van der Waals surface area (Å²) in [6.07, 6.45) is 2.78. The van der Waals surface area contributed by atoms with E-state index in [1.807, 2.05) is 6.92 Å². The zero-order chi connectivity index (χ0) is 17.9. The quantitative estimate of drug-likeness (QED) is 0.730. The van der Waals surface area contributed by atoms with E-state index in [-0.39, 0.29) is 23.0 Å². The Morgan fingerprint density at radius 3 is 2.32 bits per heavy atom. The number of aryl methyl sites for hydroxylation is 1. The van der Waals surface area contributed by atoms with Crippen LogP contribution in [-0.2, 0) is 9.84 Å². The molecule has 0 aliphatic heterocycles. The van der Waals surface area contributed by atoms with Gasteiger partial charge in [-0.15, -0.1) is 0 Å². The molecular formula is C18H17NO5S. The molecule has 0 aliphatic carbocycles. The first-order valence-electron chi connectivity index (χ1n) is 7.64. The molecule has 3 aromatic rings. The van der Waals surface area contributed by atoms with Crippen molar-refractivity contribution in [3.63, 3.8) is 0 Å². The van der Waals surface area contributed by atoms with Crippen molar-refractivity contribution in [1.29, 1.82) is 0 Å². The molecule has 0 unspecified atom stereocenters. The maximum absolute atomic E-state index is 13.0. The lowest BCUT2D eigenvalue weighted by molar-refractivity contribution is 0.0925. The Kier molecular flexibility index (Phi) is 4.76. The molecule has 7 heteroatoms. The Balaban J connectivity index is 1.87. The lowest BCUT2D eigenvalue weighted by Gasteiger charge is -2.16. The summed E-state index contributed by atoms with van der Waals surface area (Å²) in [7, 11) is -3.74. The number of furan rings is 2. The van der Waals surface area contributed by atoms with Gasteiger partial charge < -0.3 is 14.2 Å². The molecule has 0 radical (unpaired) electrons. The highest BCUT2D eigenvalue weighted by atomic mass is 32.2. The van der Waals surface area contributed by atoms with Crippen LogP contribution in [0.2, 0.25) is 0 Å². The van der Waals surface area contributed by atoms with Gasteiger partial charge in [0.1, 0.15) is 11.0 Å². The van der Waals surface area contributed by atoms with E-state index in [4.69, 9.17) is 8.83 Å². The van der Waals surface area contributed by atoms with E-state index in [2.05, 4.69) is 5.32 Å². The van der Waals surface area contributed by atoms with Crippen molar-refractivity contribution in [2.45, 2.75) is 17.1 Å². The molecule has 1 atom stereocenters. The van der Waals surface area contributed by atoms with Crippen LogP contribution in [0.15, 0.2) is 74.8 Å². The van der Waals surface area contributed by atoms with Gasteiger partial charge in [-0.1, -0.05) is 17.7 Å². The molecule has 2 heterocycles. The fraction of sp³-hybridized carbons (Fsp3) is 0.167. The molecule has 3 rings (SSSR count). The maximum atomic E-state index is 13.0. The monoisotopic (exact) mass is 359 g/mol. The minimum absolute atomic E-state index is 0.117. The first-order valence-corrected chi connectivity index (χ1v) is 9.19. The number of hydrogen-bond donors (Lipinski definition) is 1. The fourth-order valence-electron chi connectivity index (χ4n) is 2.41. The average molecular weight is 359 g/mol. The van der Waals surface area contributed by atoms with E-state index < -0.39 is 21.0 Å². The predicted molar refractivity (Wildman–Crippen MR) is 90.9 cm³/mol. The minimum Gasteiger partial charge on any atom is -0.468 e. The van der Waals surface area contributed by atoms with Crippen LogP contribution in [0.5, 0.6) is 0 Å². The minimum atomic E-state index is -3.74. The van der Waals surface area contributed by atoms with E-state index in [1.165, 1.54) is 18.6 Å². The topological polar surface area (TPSA) is 89.5 Å². The molecule has 2 aromatic heterocycles. The van der Waals surface area contributed by atoms with Crippen LogP contribution in [0.1, 0.15) is 27.1 Å². The highest BCUT2D eigenvalue weighted by Crippen LogP contribution is 2.29. The number of benzene rings is 1. The zero-order valence-corrected chi connectivity index (χ0v) is 14.3. The Morgan fingerprint density at radius 1 is 1.04 bits per heavy atom. The molecule has 1 N–H and O–H groups in total. The molecule has 1 amide bonds. The molecule has 25 heavy (non-hydrogen) atoms. The van der Waals surface area contributed by atoms with Crippen LogP contribution < -0.4 is 5.32 Å². The SMILES string of the molecule is Cc1ccc(S(=O)(=O)[C@@H](CNC(=O)c2ccco2)c2ccco2)cc1. The highest BCUT2D eigenvalue weighted by Gasteiger charge is 2.32. The van der Waals surface area contributed by atoms with Crippen molar-refractivity contribution < 1.29 is 22.0 Å². The van der Waals surface area contributed by atoms with Crippen molar-refractivity contribution in [1.82, 2.24) is 5.32 Å². The normalized spacial score (nSPS) is 12.7. The summed E-state index contributed by atoms with van der Waals surface area (Å²) in [5.74, 6) is -0.105. The molecular weight excluding hydrogens is 342 g/mol. The predicted octanol–water partition coefficient (Wildman–Crippen LogP) is 3.13. The second-order valence-corrected chi connectivity index (χ2v) is 7.68. The van der Waals surface area contributed by atoms with Crippen molar-refractivity contribution in [2.75, 3.05) is 6.54 Å². The van der Waals surface area contributed by atoms with Gasteiger partial charge in [-0.2, -0.15) is 0 Å². The number of rotatable bonds is 6. The first kappa shape index (κ1) is 17.0. The van der Waals surface area contributed by atoms with E-state index in [9.17, 15) is 13.2 Å². The van der Waals surface area contributed by atoms with Gasteiger partial charge in [0.25, 0.3) is 5.91 Å². The molecule has 0 aliphatic rings. The summed E-state index contributed by atoms with van der Waals surface area (Å²) in [6.45, 7) is 1.74. The summed E-state index contributed by atoms with van der Waals surface area (Å²) in [5.41, 5.74) is 0.958. The number of amides is 1. The standard InChI is InChI=1S/C18H17NO5S/c1-13-6-8-14(9-7-13)25(21,22)17(15-4-2-10-23-15)12-19-18(20)16-5-3-11-24-16/h2-11,17H,12H2,1H3,(H,19,20)/t17-/m0/s1. The number of carbonyl (C=O) groups excluding carboxylic acids is 1. The average Bonchev–Trinajstić information content (AvgIpc) is 3.29. The van der Waals surface area contributed by atoms with Gasteiger partial charge in [-0.05, 0) is 43.3 Å². The summed E-state index contributed by atoms with van der Waals surface area (Å²) >= 11 is 0. The van der Waals surface area contributed by atoms with Gasteiger partial charge >= 0.3 is 0 Å². The van der Waals surface area contributed by atoms with Crippen LogP contribution in [0.3, 0.4) is 0 Å². The number of carbonyl (C=O) groups is 1. The van der Waals surface area contributed by atoms with E-state index >= 15 is 0 Å². The smallest absolute Gasteiger partial charge is 0.287 e. The summed E-state index contributed by atoms with van der Waals surface area (Å²) in [4.78, 5) is 12.2. The largest absolute Gasteiger partial charge is 0.468 e. The lowest BCUT2D eigenvalue weighted by Crippen LogP contribution is -2.31. The van der Waals surface area contributed by atoms with Crippen LogP contribution in [0.4, 0.5) is 0 Å². The molecule has 0 spiro atoms. The van der Waals surface area contributed by atoms with E-state index in [0.29, 0.717) is 0 Å². The number of sulfone groups is 1. The fourth-order valence-corrected chi connectivity index (χ4v) is 4.00. The number of nitrogens with one attached hydrogen (secondary N) is 1. The van der Waals surface area contributed by atoms with Gasteiger partial charge in [0.05, 0.1) is 17.4 Å². The van der Waals surface area contributed by atoms with Gasteiger partial charge in [-0.25, -0.2) is 8.42 Å². The molecule has 130 valence electrons. The highest BCUT2D eigenvalue weighted by molar-refractivity contribution is 7.91. The maximum Gasteiger partial charge on any atom is 0.287 e. The van der Waals surface area contributed by atoms with Crippen molar-refractivity contribution in [3.8, 4) is 0 Å². The summed E-state index contributed by atoms with van der Waals surface area (Å²) in [6, 6.07) is 12.8. The van der Waals surface area contributed by atoms with Gasteiger partial charge in [0.15, 0.2) is 15.6 Å². The van der Waals surface area contributed by atoms with Crippen molar-refractivity contribution in [2.24, 2.45) is 0 Å². The Hall–Kier alpha value is -2.80. The second kappa shape index (κ2) is 6.98. The molecule has 6 nitrogen and oxygen atoms in total. The van der Waals surface area contributed by atoms with Crippen LogP contribution in [0, 0.1) is 6.92 Å². The summed E-state index contributed by atoms with van der Waals surface area (Å²) < 4.78 is 36.3. The zero-order valence-electron chi connectivity index (χ0n) is 13.5. The van der Waals surface area contributed by atoms with E-state index in [1.54, 1.807) is 42.5 Å². The number of hydrogen-bond acceptors (Lipinski definition) is 5. The second-order valence-electron chi connectivity index (χ2n) is 5.55. The Labute approximate surface area is 145 Å². The van der Waals surface area contributed by atoms with Gasteiger partial charge in [0.2, 0.25) is 0 Å². The van der Waals surface area contributed by atoms with Crippen LogP contribution in [-0.4, -0.2) is 20.9 Å². The van der Waals surface area contributed by atoms with Crippen molar-refractivity contribution >= 4 is 15.7 Å². The third-order valence-corrected chi connectivity index (χ3v) is 5.85. The Bertz CT molecular complexity index is 926. The van der Waals surface area contributed by atoms with Gasteiger partial charge in [-0.3, -0.25) is 4.79 Å². The molecule has 1 aromatic carbocycles. The third-order valence-electron chi connectivity index (χ3n) is 3.78. The molecule has 0 saturated heterocycles. The third kappa shape index (κ3) is 3.66. The van der Waals surface area contributed by atoms with Gasteiger partial charge in [0, 0.05) is 6.54 Å². The Morgan fingerprint density at radius 2 is 1.72 bits per heavy atom. The molecule has 0 bridgehead atoms. The summed E-state index contributed by atoms with van der Waals surface area (Å²) in [5, 5.41) is 1.55. The van der Waals surface area contributed by atoms with Crippen LogP contribution in [0.25, 0.3) is 0 Å². The first-order chi connectivity index (χ1) is 12.0. The molecule has 0 saturated carbocycles. The molecule has 0 fully saturated rings.